The summed E-state index contributed by atoms with van der Waals surface area (Å²) in [4.78, 5) is 10.6. The predicted molar refractivity (Wildman–Crippen MR) is 131 cm³/mol. The SMILES string of the molecule is CS(=O)(=O)c1ccc(-c2nc3c(F)c(C4CCN(C5CC6CCC(C5)N6)CC4)ccc3[nH]2)cc1. The number of rotatable bonds is 4. The molecule has 3 aliphatic heterocycles. The molecule has 6 nitrogen and oxygen atoms in total. The van der Waals surface area contributed by atoms with Crippen molar-refractivity contribution in [2.45, 2.75) is 67.5 Å². The van der Waals surface area contributed by atoms with Crippen molar-refractivity contribution in [3.05, 3.63) is 47.8 Å². The molecule has 2 unspecified atom stereocenters. The van der Waals surface area contributed by atoms with Crippen LogP contribution >= 0.6 is 0 Å². The molecule has 8 heteroatoms. The fraction of sp³-hybridized carbons (Fsp3) is 0.500. The van der Waals surface area contributed by atoms with Gasteiger partial charge in [-0.2, -0.15) is 0 Å². The van der Waals surface area contributed by atoms with Crippen molar-refractivity contribution in [1.29, 1.82) is 0 Å². The summed E-state index contributed by atoms with van der Waals surface area (Å²) in [6.07, 6.45) is 8.27. The van der Waals surface area contributed by atoms with Gasteiger partial charge < -0.3 is 15.2 Å². The lowest BCUT2D eigenvalue weighted by Crippen LogP contribution is -2.50. The molecule has 2 N–H and O–H groups in total. The Morgan fingerprint density at radius 3 is 2.29 bits per heavy atom. The van der Waals surface area contributed by atoms with E-state index in [9.17, 15) is 8.42 Å². The van der Waals surface area contributed by atoms with Crippen molar-refractivity contribution in [3.63, 3.8) is 0 Å². The van der Waals surface area contributed by atoms with E-state index in [1.807, 2.05) is 12.1 Å². The molecule has 2 atom stereocenters. The Balaban J connectivity index is 1.19. The number of likely N-dealkylation sites (tertiary alicyclic amines) is 1. The molecule has 0 radical (unpaired) electrons. The van der Waals surface area contributed by atoms with E-state index in [1.54, 1.807) is 24.3 Å². The fourth-order valence-electron chi connectivity index (χ4n) is 6.27. The van der Waals surface area contributed by atoms with Gasteiger partial charge in [0, 0.05) is 29.9 Å². The van der Waals surface area contributed by atoms with Gasteiger partial charge in [0.1, 0.15) is 11.3 Å². The van der Waals surface area contributed by atoms with Gasteiger partial charge in [-0.25, -0.2) is 17.8 Å². The largest absolute Gasteiger partial charge is 0.338 e. The summed E-state index contributed by atoms with van der Waals surface area (Å²) in [7, 11) is -3.26. The van der Waals surface area contributed by atoms with Crippen LogP contribution in [-0.4, -0.2) is 60.8 Å². The average Bonchev–Trinajstić information content (AvgIpc) is 3.42. The van der Waals surface area contributed by atoms with Gasteiger partial charge >= 0.3 is 0 Å². The number of benzene rings is 2. The Morgan fingerprint density at radius 2 is 1.65 bits per heavy atom. The number of fused-ring (bicyclic) bond motifs is 3. The van der Waals surface area contributed by atoms with Crippen LogP contribution in [0.4, 0.5) is 4.39 Å². The Hall–Kier alpha value is -2.29. The molecule has 3 aliphatic rings. The highest BCUT2D eigenvalue weighted by Crippen LogP contribution is 2.36. The van der Waals surface area contributed by atoms with Crippen LogP contribution in [0.5, 0.6) is 0 Å². The predicted octanol–water partition coefficient (Wildman–Crippen LogP) is 4.23. The average molecular weight is 483 g/mol. The van der Waals surface area contributed by atoms with E-state index in [2.05, 4.69) is 20.2 Å². The highest BCUT2D eigenvalue weighted by molar-refractivity contribution is 7.90. The van der Waals surface area contributed by atoms with E-state index < -0.39 is 9.84 Å². The Morgan fingerprint density at radius 1 is 0.971 bits per heavy atom. The number of H-pyrrole nitrogens is 1. The van der Waals surface area contributed by atoms with E-state index in [1.165, 1.54) is 31.9 Å². The molecule has 0 spiro atoms. The third kappa shape index (κ3) is 4.06. The maximum Gasteiger partial charge on any atom is 0.175 e. The van der Waals surface area contributed by atoms with Crippen LogP contribution in [0.3, 0.4) is 0 Å². The summed E-state index contributed by atoms with van der Waals surface area (Å²) in [5, 5.41) is 3.73. The smallest absolute Gasteiger partial charge is 0.175 e. The first kappa shape index (κ1) is 22.2. The van der Waals surface area contributed by atoms with Gasteiger partial charge in [-0.15, -0.1) is 0 Å². The van der Waals surface area contributed by atoms with Gasteiger partial charge in [0.25, 0.3) is 0 Å². The lowest BCUT2D eigenvalue weighted by Gasteiger charge is -2.41. The molecule has 0 aliphatic carbocycles. The third-order valence-corrected chi connectivity index (χ3v) is 9.24. The first-order valence-corrected chi connectivity index (χ1v) is 14.2. The highest BCUT2D eigenvalue weighted by Gasteiger charge is 2.37. The number of nitrogens with zero attached hydrogens (tertiary/aromatic N) is 2. The Kier molecular flexibility index (Phi) is 5.50. The van der Waals surface area contributed by atoms with E-state index in [0.717, 1.165) is 37.1 Å². The Labute approximate surface area is 199 Å². The van der Waals surface area contributed by atoms with Crippen molar-refractivity contribution in [2.24, 2.45) is 0 Å². The number of hydrogen-bond acceptors (Lipinski definition) is 5. The van der Waals surface area contributed by atoms with E-state index >= 15 is 4.39 Å². The molecule has 3 fully saturated rings. The van der Waals surface area contributed by atoms with Gasteiger partial charge in [0.15, 0.2) is 15.7 Å². The van der Waals surface area contributed by atoms with Crippen LogP contribution in [0.1, 0.15) is 50.0 Å². The van der Waals surface area contributed by atoms with Crippen molar-refractivity contribution in [1.82, 2.24) is 20.2 Å². The lowest BCUT2D eigenvalue weighted by molar-refractivity contribution is 0.110. The first-order chi connectivity index (χ1) is 16.3. The van der Waals surface area contributed by atoms with Crippen LogP contribution in [0.25, 0.3) is 22.4 Å². The van der Waals surface area contributed by atoms with Gasteiger partial charge in [-0.3, -0.25) is 0 Å². The molecule has 2 aromatic carbocycles. The van der Waals surface area contributed by atoms with Crippen LogP contribution < -0.4 is 5.32 Å². The minimum atomic E-state index is -3.26. The zero-order chi connectivity index (χ0) is 23.4. The van der Waals surface area contributed by atoms with Crippen LogP contribution in [-0.2, 0) is 9.84 Å². The summed E-state index contributed by atoms with van der Waals surface area (Å²) in [5.74, 6) is 0.529. The number of sulfone groups is 1. The summed E-state index contributed by atoms with van der Waals surface area (Å²) in [6.45, 7) is 2.06. The van der Waals surface area contributed by atoms with Gasteiger partial charge in [-0.05, 0) is 93.4 Å². The summed E-state index contributed by atoms with van der Waals surface area (Å²) >= 11 is 0. The molecular formula is C26H31FN4O2S. The van der Waals surface area contributed by atoms with Crippen molar-refractivity contribution >= 4 is 20.9 Å². The topological polar surface area (TPSA) is 78.1 Å². The zero-order valence-corrected chi connectivity index (χ0v) is 20.2. The summed E-state index contributed by atoms with van der Waals surface area (Å²) in [5.41, 5.74) is 2.51. The third-order valence-electron chi connectivity index (χ3n) is 8.11. The van der Waals surface area contributed by atoms with E-state index in [-0.39, 0.29) is 16.6 Å². The molecule has 6 rings (SSSR count). The number of aromatic amines is 1. The quantitative estimate of drug-likeness (QED) is 0.582. The van der Waals surface area contributed by atoms with Gasteiger partial charge in [-0.1, -0.05) is 6.07 Å². The van der Waals surface area contributed by atoms with Crippen LogP contribution in [0.15, 0.2) is 41.3 Å². The van der Waals surface area contributed by atoms with Gasteiger partial charge in [0.2, 0.25) is 0 Å². The maximum absolute atomic E-state index is 15.6. The number of hydrogen-bond donors (Lipinski definition) is 2. The maximum atomic E-state index is 15.6. The van der Waals surface area contributed by atoms with Crippen LogP contribution in [0, 0.1) is 5.82 Å². The second-order valence-electron chi connectivity index (χ2n) is 10.3. The summed E-state index contributed by atoms with van der Waals surface area (Å²) in [6, 6.07) is 12.4. The molecule has 3 aromatic rings. The molecule has 3 saturated heterocycles. The highest BCUT2D eigenvalue weighted by atomic mass is 32.2. The Bertz CT molecular complexity index is 1300. The lowest BCUT2D eigenvalue weighted by atomic mass is 9.87. The van der Waals surface area contributed by atoms with E-state index in [0.29, 0.717) is 35.0 Å². The first-order valence-electron chi connectivity index (χ1n) is 12.3. The van der Waals surface area contributed by atoms with Crippen LogP contribution in [0.2, 0.25) is 0 Å². The monoisotopic (exact) mass is 482 g/mol. The minimum Gasteiger partial charge on any atom is -0.338 e. The zero-order valence-electron chi connectivity index (χ0n) is 19.4. The molecule has 2 bridgehead atoms. The number of nitrogens with one attached hydrogen (secondary N) is 2. The minimum absolute atomic E-state index is 0.216. The molecule has 0 saturated carbocycles. The standard InChI is InChI=1S/C26H31FN4O2S/c1-34(32,33)21-6-2-17(3-7-21)26-29-23-9-8-22(24(27)25(23)30-26)16-10-12-31(13-11-16)20-14-18-4-5-19(15-20)28-18/h2-3,6-9,16,18-20,28H,4-5,10-15H2,1H3,(H,29,30). The van der Waals surface area contributed by atoms with E-state index in [4.69, 9.17) is 0 Å². The molecule has 4 heterocycles. The second kappa shape index (κ2) is 8.43. The van der Waals surface area contributed by atoms with Gasteiger partial charge in [0.05, 0.1) is 10.4 Å². The van der Waals surface area contributed by atoms with Crippen molar-refractivity contribution < 1.29 is 12.8 Å². The fourth-order valence-corrected chi connectivity index (χ4v) is 6.90. The van der Waals surface area contributed by atoms with Crippen molar-refractivity contribution in [3.8, 4) is 11.4 Å². The number of piperidine rings is 2. The summed E-state index contributed by atoms with van der Waals surface area (Å²) < 4.78 is 39.0. The molecule has 180 valence electrons. The molecular weight excluding hydrogens is 451 g/mol. The number of halogens is 1. The molecule has 34 heavy (non-hydrogen) atoms. The molecule has 0 amide bonds. The molecule has 1 aromatic heterocycles. The normalized spacial score (nSPS) is 26.4. The number of imidazole rings is 1. The van der Waals surface area contributed by atoms with Crippen molar-refractivity contribution in [2.75, 3.05) is 19.3 Å². The number of aromatic nitrogens is 2. The second-order valence-corrected chi connectivity index (χ2v) is 12.3.